The van der Waals surface area contributed by atoms with Crippen molar-refractivity contribution in [2.24, 2.45) is 13.0 Å². The van der Waals surface area contributed by atoms with E-state index < -0.39 is 9.84 Å². The Bertz CT molecular complexity index is 538. The third-order valence-corrected chi connectivity index (χ3v) is 4.87. The van der Waals surface area contributed by atoms with Crippen molar-refractivity contribution in [1.82, 2.24) is 9.47 Å². The normalized spacial score (nSPS) is 22.9. The van der Waals surface area contributed by atoms with E-state index in [1.165, 1.54) is 11.9 Å². The summed E-state index contributed by atoms with van der Waals surface area (Å²) in [5.41, 5.74) is 1.22. The van der Waals surface area contributed by atoms with Crippen LogP contribution in [-0.4, -0.2) is 56.2 Å². The molecule has 0 amide bonds. The number of sulfone groups is 1. The summed E-state index contributed by atoms with van der Waals surface area (Å²) in [5, 5.41) is 0. The number of morpholine rings is 1. The van der Waals surface area contributed by atoms with E-state index in [0.29, 0.717) is 13.2 Å². The van der Waals surface area contributed by atoms with Crippen molar-refractivity contribution in [2.45, 2.75) is 13.0 Å². The Morgan fingerprint density at radius 1 is 1.50 bits per heavy atom. The van der Waals surface area contributed by atoms with Gasteiger partial charge in [0.15, 0.2) is 0 Å². The molecule has 20 heavy (non-hydrogen) atoms. The molecule has 1 fully saturated rings. The lowest BCUT2D eigenvalue weighted by Gasteiger charge is -2.37. The van der Waals surface area contributed by atoms with E-state index in [-0.39, 0.29) is 17.7 Å². The van der Waals surface area contributed by atoms with Crippen LogP contribution in [0, 0.1) is 5.92 Å². The first kappa shape index (κ1) is 15.5. The summed E-state index contributed by atoms with van der Waals surface area (Å²) in [5.74, 6) is 0.371. The number of aromatic nitrogens is 1. The van der Waals surface area contributed by atoms with Crippen molar-refractivity contribution in [1.29, 1.82) is 0 Å². The van der Waals surface area contributed by atoms with Crippen LogP contribution in [0.5, 0.6) is 0 Å². The Morgan fingerprint density at radius 3 is 2.85 bits per heavy atom. The average Bonchev–Trinajstić information content (AvgIpc) is 2.73. The third kappa shape index (κ3) is 4.07. The summed E-state index contributed by atoms with van der Waals surface area (Å²) < 4.78 is 30.5. The lowest BCUT2D eigenvalue weighted by Crippen LogP contribution is -2.43. The van der Waals surface area contributed by atoms with Crippen LogP contribution in [0.15, 0.2) is 18.3 Å². The van der Waals surface area contributed by atoms with E-state index in [4.69, 9.17) is 4.74 Å². The van der Waals surface area contributed by atoms with Gasteiger partial charge in [0, 0.05) is 38.3 Å². The topological polar surface area (TPSA) is 51.5 Å². The maximum atomic E-state index is 11.4. The molecule has 2 unspecified atom stereocenters. The van der Waals surface area contributed by atoms with Crippen molar-refractivity contribution >= 4 is 9.84 Å². The van der Waals surface area contributed by atoms with Gasteiger partial charge in [0.25, 0.3) is 0 Å². The lowest BCUT2D eigenvalue weighted by molar-refractivity contribution is -0.0156. The highest BCUT2D eigenvalue weighted by Gasteiger charge is 2.27. The molecule has 0 bridgehead atoms. The minimum Gasteiger partial charge on any atom is -0.378 e. The van der Waals surface area contributed by atoms with Crippen LogP contribution in [0.25, 0.3) is 0 Å². The first-order chi connectivity index (χ1) is 9.37. The lowest BCUT2D eigenvalue weighted by atomic mass is 10.1. The highest BCUT2D eigenvalue weighted by atomic mass is 32.2. The molecule has 2 heterocycles. The third-order valence-electron chi connectivity index (χ3n) is 3.70. The number of hydrogen-bond donors (Lipinski definition) is 0. The fourth-order valence-corrected chi connectivity index (χ4v) is 4.06. The Balaban J connectivity index is 2.06. The van der Waals surface area contributed by atoms with Crippen molar-refractivity contribution < 1.29 is 13.2 Å². The smallest absolute Gasteiger partial charge is 0.147 e. The van der Waals surface area contributed by atoms with Gasteiger partial charge in [-0.05, 0) is 18.1 Å². The Labute approximate surface area is 121 Å². The fourth-order valence-electron chi connectivity index (χ4n) is 2.92. The van der Waals surface area contributed by atoms with Crippen LogP contribution in [0.1, 0.15) is 18.7 Å². The summed E-state index contributed by atoms with van der Waals surface area (Å²) in [4.78, 5) is 2.34. The van der Waals surface area contributed by atoms with Crippen LogP contribution >= 0.6 is 0 Å². The van der Waals surface area contributed by atoms with Crippen LogP contribution in [0.3, 0.4) is 0 Å². The van der Waals surface area contributed by atoms with Gasteiger partial charge < -0.3 is 9.30 Å². The van der Waals surface area contributed by atoms with Gasteiger partial charge in [0.2, 0.25) is 0 Å². The molecule has 0 aliphatic carbocycles. The molecule has 1 aromatic rings. The van der Waals surface area contributed by atoms with Gasteiger partial charge in [-0.1, -0.05) is 6.92 Å². The van der Waals surface area contributed by atoms with Crippen molar-refractivity contribution in [2.75, 3.05) is 38.3 Å². The zero-order valence-corrected chi connectivity index (χ0v) is 13.3. The van der Waals surface area contributed by atoms with Gasteiger partial charge in [0.05, 0.1) is 25.0 Å². The number of nitrogens with zero attached hydrogens (tertiary/aromatic N) is 2. The van der Waals surface area contributed by atoms with Crippen molar-refractivity contribution in [3.63, 3.8) is 0 Å². The first-order valence-corrected chi connectivity index (χ1v) is 9.03. The molecule has 0 radical (unpaired) electrons. The number of aryl methyl sites for hydroxylation is 1. The van der Waals surface area contributed by atoms with E-state index in [9.17, 15) is 8.42 Å². The van der Waals surface area contributed by atoms with Crippen molar-refractivity contribution in [3.8, 4) is 0 Å². The zero-order valence-electron chi connectivity index (χ0n) is 12.4. The van der Waals surface area contributed by atoms with Gasteiger partial charge >= 0.3 is 0 Å². The molecule has 0 aromatic carbocycles. The number of ether oxygens (including phenoxy) is 1. The maximum Gasteiger partial charge on any atom is 0.147 e. The quantitative estimate of drug-likeness (QED) is 0.816. The van der Waals surface area contributed by atoms with Gasteiger partial charge in [-0.2, -0.15) is 0 Å². The average molecular weight is 300 g/mol. The van der Waals surface area contributed by atoms with Crippen LogP contribution in [0.4, 0.5) is 0 Å². The van der Waals surface area contributed by atoms with Crippen LogP contribution < -0.4 is 0 Å². The van der Waals surface area contributed by atoms with Gasteiger partial charge in [0.1, 0.15) is 9.84 Å². The highest BCUT2D eigenvalue weighted by Crippen LogP contribution is 2.25. The highest BCUT2D eigenvalue weighted by molar-refractivity contribution is 7.90. The molecule has 0 saturated carbocycles. The predicted molar refractivity (Wildman–Crippen MR) is 79.4 cm³/mol. The van der Waals surface area contributed by atoms with Gasteiger partial charge in [-0.15, -0.1) is 0 Å². The molecule has 2 rings (SSSR count). The summed E-state index contributed by atoms with van der Waals surface area (Å²) in [6, 6.07) is 4.35. The van der Waals surface area contributed by atoms with Crippen LogP contribution in [0.2, 0.25) is 0 Å². The fraction of sp³-hybridized carbons (Fsp3) is 0.714. The Kier molecular flexibility index (Phi) is 4.88. The summed E-state index contributed by atoms with van der Waals surface area (Å²) >= 11 is 0. The molecule has 1 aromatic heterocycles. The molecule has 1 aliphatic rings. The zero-order chi connectivity index (χ0) is 14.8. The van der Waals surface area contributed by atoms with E-state index >= 15 is 0 Å². The maximum absolute atomic E-state index is 11.4. The van der Waals surface area contributed by atoms with E-state index in [0.717, 1.165) is 13.1 Å². The molecular weight excluding hydrogens is 276 g/mol. The van der Waals surface area contributed by atoms with E-state index in [2.05, 4.69) is 15.5 Å². The molecule has 0 N–H and O–H groups in total. The molecular formula is C14H24N2O3S. The molecule has 1 aliphatic heterocycles. The summed E-state index contributed by atoms with van der Waals surface area (Å²) in [7, 11) is -0.887. The molecule has 2 atom stereocenters. The molecule has 114 valence electrons. The Hall–Kier alpha value is -0.850. The van der Waals surface area contributed by atoms with E-state index in [1.54, 1.807) is 0 Å². The van der Waals surface area contributed by atoms with Crippen molar-refractivity contribution in [3.05, 3.63) is 24.0 Å². The minimum atomic E-state index is -2.92. The number of rotatable bonds is 5. The molecule has 1 saturated heterocycles. The molecule has 0 spiro atoms. The first-order valence-electron chi connectivity index (χ1n) is 6.97. The second kappa shape index (κ2) is 6.28. The monoisotopic (exact) mass is 300 g/mol. The molecule has 6 heteroatoms. The minimum absolute atomic E-state index is 0.130. The van der Waals surface area contributed by atoms with Crippen LogP contribution in [-0.2, 0) is 21.6 Å². The second-order valence-corrected chi connectivity index (χ2v) is 8.01. The summed E-state index contributed by atoms with van der Waals surface area (Å²) in [6.07, 6.45) is 3.33. The molecule has 5 nitrogen and oxygen atoms in total. The largest absolute Gasteiger partial charge is 0.378 e. The summed E-state index contributed by atoms with van der Waals surface area (Å²) in [6.45, 7) is 5.02. The Morgan fingerprint density at radius 2 is 2.25 bits per heavy atom. The number of hydrogen-bond acceptors (Lipinski definition) is 4. The van der Waals surface area contributed by atoms with Gasteiger partial charge in [-0.3, -0.25) is 4.90 Å². The predicted octanol–water partition coefficient (Wildman–Crippen LogP) is 1.08. The standard InChI is InChI=1S/C14H24N2O3S/c1-12(11-20(3,17)18)9-16-7-8-19-10-14(16)13-5-4-6-15(13)2/h4-6,12,14H,7-11H2,1-3H3. The second-order valence-electron chi connectivity index (χ2n) is 5.83. The van der Waals surface area contributed by atoms with E-state index in [1.807, 2.05) is 26.2 Å². The van der Waals surface area contributed by atoms with Gasteiger partial charge in [-0.25, -0.2) is 8.42 Å². The SMILES string of the molecule is CC(CN1CCOCC1c1cccn1C)CS(C)(=O)=O.